The molecule has 1 aliphatic rings. The first-order valence-electron chi connectivity index (χ1n) is 15.1. The third kappa shape index (κ3) is 7.64. The van der Waals surface area contributed by atoms with Crippen molar-refractivity contribution in [2.75, 3.05) is 11.9 Å². The second-order valence-electron chi connectivity index (χ2n) is 11.4. The molecule has 0 radical (unpaired) electrons. The number of aromatic nitrogens is 2. The molecule has 1 fully saturated rings. The average Bonchev–Trinajstić information content (AvgIpc) is 3.78. The Hall–Kier alpha value is -4.93. The van der Waals surface area contributed by atoms with Gasteiger partial charge in [-0.25, -0.2) is 4.68 Å². The van der Waals surface area contributed by atoms with Gasteiger partial charge in [-0.3, -0.25) is 4.79 Å². The Bertz CT molecular complexity index is 1800. The molecule has 1 heterocycles. The molecule has 4 N–H and O–H groups in total. The first-order chi connectivity index (χ1) is 22.3. The van der Waals surface area contributed by atoms with E-state index in [-0.39, 0.29) is 18.3 Å². The molecule has 1 amide bonds. The molecule has 6 rings (SSSR count). The second-order valence-corrected chi connectivity index (χ2v) is 11.4. The van der Waals surface area contributed by atoms with E-state index in [2.05, 4.69) is 15.7 Å². The lowest BCUT2D eigenvalue weighted by Crippen LogP contribution is -2.25. The highest BCUT2D eigenvalue weighted by Gasteiger charge is 2.36. The van der Waals surface area contributed by atoms with E-state index < -0.39 is 17.8 Å². The summed E-state index contributed by atoms with van der Waals surface area (Å²) in [6.45, 7) is 1.46. The number of carbonyl (C=O) groups excluding carboxylic acids is 1. The van der Waals surface area contributed by atoms with Gasteiger partial charge in [0.05, 0.1) is 11.7 Å². The van der Waals surface area contributed by atoms with Crippen molar-refractivity contribution in [3.05, 3.63) is 143 Å². The Morgan fingerprint density at radius 1 is 0.891 bits per heavy atom. The molecule has 1 aromatic heterocycles. The predicted octanol–water partition coefficient (Wildman–Crippen LogP) is 7.27. The topological polar surface area (TPSA) is 94.2 Å². The van der Waals surface area contributed by atoms with Gasteiger partial charge in [0.2, 0.25) is 0 Å². The number of hydrogen-bond donors (Lipinski definition) is 3. The van der Waals surface area contributed by atoms with Crippen molar-refractivity contribution in [1.82, 2.24) is 15.1 Å². The fraction of sp³-hybridized carbons (Fsp3) is 0.222. The van der Waals surface area contributed by atoms with Crippen molar-refractivity contribution < 1.29 is 22.7 Å². The van der Waals surface area contributed by atoms with E-state index >= 15 is 0 Å². The first kappa shape index (κ1) is 31.1. The van der Waals surface area contributed by atoms with Gasteiger partial charge >= 0.3 is 6.18 Å². The number of nitrogens with one attached hydrogen (secondary N) is 2. The number of nitrogens with zero attached hydrogens (tertiary/aromatic N) is 2. The number of hydrogen-bond acceptors (Lipinski definition) is 5. The zero-order chi connectivity index (χ0) is 32.1. The van der Waals surface area contributed by atoms with Gasteiger partial charge in [-0.1, -0.05) is 66.7 Å². The van der Waals surface area contributed by atoms with Gasteiger partial charge in [0.25, 0.3) is 5.91 Å². The first-order valence-corrected chi connectivity index (χ1v) is 15.1. The van der Waals surface area contributed by atoms with E-state index in [0.717, 1.165) is 39.7 Å². The highest BCUT2D eigenvalue weighted by Crippen LogP contribution is 2.33. The zero-order valence-corrected chi connectivity index (χ0v) is 25.0. The Balaban J connectivity index is 1.26. The number of carbonyl (C=O) groups is 1. The number of anilines is 1. The molecule has 0 aliphatic heterocycles. The number of ether oxygens (including phenoxy) is 1. The summed E-state index contributed by atoms with van der Waals surface area (Å²) in [5.74, 6) is 0.623. The third-order valence-electron chi connectivity index (χ3n) is 7.85. The standard InChI is InChI=1S/C36H34F3N5O2/c37-36(38,39)33-20-32(44(43-33)30-13-4-9-26(17-30)21-40)35(45)42-29-12-5-10-27(18-29)34(41-22-24-15-16-24)28-11-6-14-31(19-28)46-23-25-7-2-1-3-8-25/h1-14,17-20,24,34,41H,15-16,21-23,40H2,(H,42,45). The summed E-state index contributed by atoms with van der Waals surface area (Å²) in [5, 5.41) is 10.2. The lowest BCUT2D eigenvalue weighted by Gasteiger charge is -2.21. The van der Waals surface area contributed by atoms with Gasteiger partial charge < -0.3 is 21.1 Å². The molecule has 1 atom stereocenters. The maximum absolute atomic E-state index is 13.7. The number of nitrogens with two attached hydrogens (primary N) is 1. The monoisotopic (exact) mass is 625 g/mol. The van der Waals surface area contributed by atoms with Crippen molar-refractivity contribution in [3.63, 3.8) is 0 Å². The van der Waals surface area contributed by atoms with Crippen LogP contribution in [0, 0.1) is 5.92 Å². The van der Waals surface area contributed by atoms with Crippen LogP contribution in [0.2, 0.25) is 0 Å². The van der Waals surface area contributed by atoms with Crippen LogP contribution in [0.5, 0.6) is 5.75 Å². The molecular weight excluding hydrogens is 591 g/mol. The molecule has 236 valence electrons. The smallest absolute Gasteiger partial charge is 0.435 e. The van der Waals surface area contributed by atoms with Crippen LogP contribution in [-0.2, 0) is 19.3 Å². The quantitative estimate of drug-likeness (QED) is 0.136. The molecule has 1 aliphatic carbocycles. The van der Waals surface area contributed by atoms with Crippen molar-refractivity contribution in [1.29, 1.82) is 0 Å². The zero-order valence-electron chi connectivity index (χ0n) is 25.0. The molecule has 10 heteroatoms. The Kier molecular flexibility index (Phi) is 9.18. The summed E-state index contributed by atoms with van der Waals surface area (Å²) in [6, 6.07) is 32.3. The summed E-state index contributed by atoms with van der Waals surface area (Å²) in [6.07, 6.45) is -2.37. The number of amides is 1. The highest BCUT2D eigenvalue weighted by molar-refractivity contribution is 6.03. The summed E-state index contributed by atoms with van der Waals surface area (Å²) < 4.78 is 48.2. The van der Waals surface area contributed by atoms with Gasteiger partial charge in [0, 0.05) is 18.3 Å². The van der Waals surface area contributed by atoms with E-state index in [9.17, 15) is 18.0 Å². The SMILES string of the molecule is NCc1cccc(-n2nc(C(F)(F)F)cc2C(=O)Nc2cccc(C(NCC3CC3)c3cccc(OCc4ccccc4)c3)c2)c1. The third-order valence-corrected chi connectivity index (χ3v) is 7.85. The van der Waals surface area contributed by atoms with Crippen molar-refractivity contribution >= 4 is 11.6 Å². The molecule has 1 unspecified atom stereocenters. The summed E-state index contributed by atoms with van der Waals surface area (Å²) >= 11 is 0. The lowest BCUT2D eigenvalue weighted by atomic mass is 9.97. The molecule has 46 heavy (non-hydrogen) atoms. The van der Waals surface area contributed by atoms with Gasteiger partial charge in [0.1, 0.15) is 18.1 Å². The molecule has 0 bridgehead atoms. The summed E-state index contributed by atoms with van der Waals surface area (Å²) in [4.78, 5) is 13.5. The minimum atomic E-state index is -4.73. The minimum Gasteiger partial charge on any atom is -0.489 e. The summed E-state index contributed by atoms with van der Waals surface area (Å²) in [7, 11) is 0. The van der Waals surface area contributed by atoms with Gasteiger partial charge in [-0.15, -0.1) is 0 Å². The van der Waals surface area contributed by atoms with E-state index in [0.29, 0.717) is 29.5 Å². The normalized spacial score (nSPS) is 13.7. The van der Waals surface area contributed by atoms with E-state index in [4.69, 9.17) is 10.5 Å². The molecule has 5 aromatic rings. The average molecular weight is 626 g/mol. The Labute approximate surface area is 265 Å². The molecular formula is C36H34F3N5O2. The minimum absolute atomic E-state index is 0.188. The van der Waals surface area contributed by atoms with Crippen molar-refractivity contribution in [3.8, 4) is 11.4 Å². The summed E-state index contributed by atoms with van der Waals surface area (Å²) in [5.41, 5.74) is 8.70. The molecule has 0 saturated heterocycles. The fourth-order valence-electron chi connectivity index (χ4n) is 5.24. The Morgan fingerprint density at radius 2 is 1.61 bits per heavy atom. The van der Waals surface area contributed by atoms with Crippen LogP contribution in [0.25, 0.3) is 5.69 Å². The van der Waals surface area contributed by atoms with Crippen molar-refractivity contribution in [2.24, 2.45) is 11.7 Å². The number of alkyl halides is 3. The maximum Gasteiger partial charge on any atom is 0.435 e. The van der Waals surface area contributed by atoms with Crippen LogP contribution in [0.3, 0.4) is 0 Å². The highest BCUT2D eigenvalue weighted by atomic mass is 19.4. The molecule has 4 aromatic carbocycles. The number of benzene rings is 4. The fourth-order valence-corrected chi connectivity index (χ4v) is 5.24. The van der Waals surface area contributed by atoms with E-state index in [1.165, 1.54) is 12.8 Å². The maximum atomic E-state index is 13.7. The van der Waals surface area contributed by atoms with Crippen LogP contribution >= 0.6 is 0 Å². The Morgan fingerprint density at radius 3 is 2.35 bits per heavy atom. The van der Waals surface area contributed by atoms with Crippen LogP contribution in [0.4, 0.5) is 18.9 Å². The number of halogens is 3. The van der Waals surface area contributed by atoms with Crippen LogP contribution in [0.15, 0.2) is 109 Å². The van der Waals surface area contributed by atoms with Crippen molar-refractivity contribution in [2.45, 2.75) is 38.2 Å². The van der Waals surface area contributed by atoms with E-state index in [1.807, 2.05) is 72.8 Å². The molecule has 0 spiro atoms. The van der Waals surface area contributed by atoms with Gasteiger partial charge in [-0.05, 0) is 84.0 Å². The number of rotatable bonds is 12. The molecule has 1 saturated carbocycles. The van der Waals surface area contributed by atoms with Gasteiger partial charge in [-0.2, -0.15) is 18.3 Å². The van der Waals surface area contributed by atoms with Crippen LogP contribution in [-0.4, -0.2) is 22.2 Å². The lowest BCUT2D eigenvalue weighted by molar-refractivity contribution is -0.141. The predicted molar refractivity (Wildman–Crippen MR) is 171 cm³/mol. The van der Waals surface area contributed by atoms with Gasteiger partial charge in [0.15, 0.2) is 5.69 Å². The molecule has 7 nitrogen and oxygen atoms in total. The second kappa shape index (κ2) is 13.6. The van der Waals surface area contributed by atoms with Crippen LogP contribution < -0.4 is 21.1 Å². The van der Waals surface area contributed by atoms with Crippen LogP contribution in [0.1, 0.15) is 57.3 Å². The van der Waals surface area contributed by atoms with E-state index in [1.54, 1.807) is 30.3 Å². The largest absolute Gasteiger partial charge is 0.489 e.